The fraction of sp³-hybridized carbons (Fsp3) is 0. The van der Waals surface area contributed by atoms with Crippen LogP contribution >= 0.6 is 0 Å². The first-order valence-corrected chi connectivity index (χ1v) is 7.03. The van der Waals surface area contributed by atoms with Crippen molar-refractivity contribution in [3.8, 4) is 22.4 Å². The highest BCUT2D eigenvalue weighted by molar-refractivity contribution is 5.89. The van der Waals surface area contributed by atoms with E-state index in [2.05, 4.69) is 39.2 Å². The van der Waals surface area contributed by atoms with Gasteiger partial charge in [0.05, 0.1) is 0 Å². The second kappa shape index (κ2) is 5.00. The Bertz CT molecular complexity index is 979. The largest absolute Gasteiger partial charge is 0.355 e. The second-order valence-electron chi connectivity index (χ2n) is 5.16. The summed E-state index contributed by atoms with van der Waals surface area (Å²) in [6.07, 6.45) is 3.27. The van der Waals surface area contributed by atoms with Crippen LogP contribution in [-0.2, 0) is 0 Å². The fourth-order valence-electron chi connectivity index (χ4n) is 2.59. The van der Waals surface area contributed by atoms with Gasteiger partial charge in [0.2, 0.25) is 0 Å². The van der Waals surface area contributed by atoms with E-state index in [0.29, 0.717) is 0 Å². The van der Waals surface area contributed by atoms with Crippen molar-refractivity contribution in [2.45, 2.75) is 0 Å². The molecule has 4 nitrogen and oxygen atoms in total. The Balaban J connectivity index is 1.81. The quantitative estimate of drug-likeness (QED) is 0.592. The van der Waals surface area contributed by atoms with Crippen molar-refractivity contribution in [2.75, 3.05) is 0 Å². The van der Waals surface area contributed by atoms with E-state index < -0.39 is 0 Å². The Hall–Kier alpha value is -3.14. The van der Waals surface area contributed by atoms with Crippen LogP contribution in [0.5, 0.6) is 0 Å². The van der Waals surface area contributed by atoms with Gasteiger partial charge in [-0.2, -0.15) is 0 Å². The molecule has 0 atom stereocenters. The predicted octanol–water partition coefficient (Wildman–Crippen LogP) is 3.59. The van der Waals surface area contributed by atoms with Crippen molar-refractivity contribution in [1.82, 2.24) is 15.0 Å². The SMILES string of the molecule is O=c1ncc(-c2ccc3[nH]c(-c4ccccc4)cc3c2)c[nH]1. The Kier molecular flexibility index (Phi) is 2.86. The number of hydrogen-bond donors (Lipinski definition) is 2. The first-order valence-electron chi connectivity index (χ1n) is 7.03. The molecular weight excluding hydrogens is 274 g/mol. The highest BCUT2D eigenvalue weighted by Gasteiger charge is 2.05. The van der Waals surface area contributed by atoms with Crippen molar-refractivity contribution in [1.29, 1.82) is 0 Å². The minimum atomic E-state index is -0.335. The van der Waals surface area contributed by atoms with Gasteiger partial charge in [-0.15, -0.1) is 0 Å². The monoisotopic (exact) mass is 287 g/mol. The molecule has 0 bridgehead atoms. The summed E-state index contributed by atoms with van der Waals surface area (Å²) >= 11 is 0. The molecule has 0 aliphatic rings. The van der Waals surface area contributed by atoms with Crippen LogP contribution in [0.15, 0.2) is 71.8 Å². The predicted molar refractivity (Wildman–Crippen MR) is 87.6 cm³/mol. The molecular formula is C18H13N3O. The Morgan fingerprint density at radius 2 is 1.73 bits per heavy atom. The lowest BCUT2D eigenvalue weighted by Crippen LogP contribution is -2.07. The van der Waals surface area contributed by atoms with Crippen molar-refractivity contribution in [2.24, 2.45) is 0 Å². The standard InChI is InChI=1S/C18H13N3O/c22-18-19-10-15(11-20-18)13-6-7-16-14(8-13)9-17(21-16)12-4-2-1-3-5-12/h1-11,21H,(H,19,20,22). The van der Waals surface area contributed by atoms with Gasteiger partial charge in [-0.05, 0) is 29.3 Å². The molecule has 0 saturated carbocycles. The molecule has 0 unspecified atom stereocenters. The van der Waals surface area contributed by atoms with Gasteiger partial charge in [0.15, 0.2) is 0 Å². The molecule has 0 spiro atoms. The van der Waals surface area contributed by atoms with Crippen LogP contribution in [0, 0.1) is 0 Å². The highest BCUT2D eigenvalue weighted by Crippen LogP contribution is 2.27. The van der Waals surface area contributed by atoms with Crippen molar-refractivity contribution in [3.05, 3.63) is 77.5 Å². The summed E-state index contributed by atoms with van der Waals surface area (Å²) in [6, 6.07) is 18.5. The normalized spacial score (nSPS) is 10.9. The number of fused-ring (bicyclic) bond motifs is 1. The van der Waals surface area contributed by atoms with Gasteiger partial charge in [0.25, 0.3) is 0 Å². The number of aromatic amines is 2. The molecule has 0 fully saturated rings. The third-order valence-electron chi connectivity index (χ3n) is 3.71. The summed E-state index contributed by atoms with van der Waals surface area (Å²) < 4.78 is 0. The zero-order chi connectivity index (χ0) is 14.9. The smallest absolute Gasteiger partial charge is 0.344 e. The lowest BCUT2D eigenvalue weighted by molar-refractivity contribution is 1.08. The number of H-pyrrole nitrogens is 2. The molecule has 0 radical (unpaired) electrons. The zero-order valence-corrected chi connectivity index (χ0v) is 11.7. The van der Waals surface area contributed by atoms with Gasteiger partial charge in [-0.1, -0.05) is 36.4 Å². The van der Waals surface area contributed by atoms with E-state index in [1.165, 1.54) is 0 Å². The van der Waals surface area contributed by atoms with Gasteiger partial charge in [-0.25, -0.2) is 9.78 Å². The molecule has 4 heteroatoms. The molecule has 4 aromatic rings. The average Bonchev–Trinajstić information content (AvgIpc) is 2.99. The maximum Gasteiger partial charge on any atom is 0.344 e. The number of benzene rings is 2. The molecule has 2 aromatic carbocycles. The van der Waals surface area contributed by atoms with Crippen molar-refractivity contribution >= 4 is 10.9 Å². The third kappa shape index (κ3) is 2.20. The molecule has 106 valence electrons. The summed E-state index contributed by atoms with van der Waals surface area (Å²) in [6.45, 7) is 0. The molecule has 4 rings (SSSR count). The summed E-state index contributed by atoms with van der Waals surface area (Å²) in [5.74, 6) is 0. The first-order chi connectivity index (χ1) is 10.8. The van der Waals surface area contributed by atoms with E-state index in [0.717, 1.165) is 33.3 Å². The maximum absolute atomic E-state index is 11.1. The van der Waals surface area contributed by atoms with E-state index in [4.69, 9.17) is 0 Å². The van der Waals surface area contributed by atoms with E-state index in [1.807, 2.05) is 30.3 Å². The molecule has 0 aliphatic heterocycles. The van der Waals surface area contributed by atoms with Crippen molar-refractivity contribution < 1.29 is 0 Å². The zero-order valence-electron chi connectivity index (χ0n) is 11.7. The van der Waals surface area contributed by atoms with E-state index in [-0.39, 0.29) is 5.69 Å². The summed E-state index contributed by atoms with van der Waals surface area (Å²) in [4.78, 5) is 20.9. The number of aromatic nitrogens is 3. The van der Waals surface area contributed by atoms with E-state index >= 15 is 0 Å². The molecule has 2 heterocycles. The average molecular weight is 287 g/mol. The van der Waals surface area contributed by atoms with E-state index in [1.54, 1.807) is 12.4 Å². The van der Waals surface area contributed by atoms with Gasteiger partial charge < -0.3 is 9.97 Å². The maximum atomic E-state index is 11.1. The molecule has 0 amide bonds. The molecule has 2 N–H and O–H groups in total. The van der Waals surface area contributed by atoms with Crippen LogP contribution < -0.4 is 5.69 Å². The number of hydrogen-bond acceptors (Lipinski definition) is 2. The van der Waals surface area contributed by atoms with E-state index in [9.17, 15) is 4.79 Å². The lowest BCUT2D eigenvalue weighted by Gasteiger charge is -2.00. The van der Waals surface area contributed by atoms with Crippen LogP contribution in [0.2, 0.25) is 0 Å². The van der Waals surface area contributed by atoms with Gasteiger partial charge in [-0.3, -0.25) is 0 Å². The highest BCUT2D eigenvalue weighted by atomic mass is 16.1. The summed E-state index contributed by atoms with van der Waals surface area (Å²) in [7, 11) is 0. The minimum Gasteiger partial charge on any atom is -0.355 e. The van der Waals surface area contributed by atoms with Gasteiger partial charge >= 0.3 is 5.69 Å². The Morgan fingerprint density at radius 1 is 0.864 bits per heavy atom. The first kappa shape index (κ1) is 12.6. The van der Waals surface area contributed by atoms with Gasteiger partial charge in [0.1, 0.15) is 0 Å². The Morgan fingerprint density at radius 3 is 2.50 bits per heavy atom. The Labute approximate surface area is 126 Å². The third-order valence-corrected chi connectivity index (χ3v) is 3.71. The van der Waals surface area contributed by atoms with Crippen LogP contribution in [-0.4, -0.2) is 15.0 Å². The molecule has 2 aromatic heterocycles. The van der Waals surface area contributed by atoms with Gasteiger partial charge in [0, 0.05) is 34.6 Å². The molecule has 0 saturated heterocycles. The summed E-state index contributed by atoms with van der Waals surface area (Å²) in [5.41, 5.74) is 4.91. The van der Waals surface area contributed by atoms with Crippen molar-refractivity contribution in [3.63, 3.8) is 0 Å². The fourth-order valence-corrected chi connectivity index (χ4v) is 2.59. The lowest BCUT2D eigenvalue weighted by atomic mass is 10.1. The summed E-state index contributed by atoms with van der Waals surface area (Å²) in [5, 5.41) is 1.13. The van der Waals surface area contributed by atoms with Crippen LogP contribution in [0.25, 0.3) is 33.3 Å². The molecule has 22 heavy (non-hydrogen) atoms. The number of nitrogens with one attached hydrogen (secondary N) is 2. The second-order valence-corrected chi connectivity index (χ2v) is 5.16. The minimum absolute atomic E-state index is 0.335. The number of rotatable bonds is 2. The topological polar surface area (TPSA) is 61.5 Å². The van der Waals surface area contributed by atoms with Crippen LogP contribution in [0.3, 0.4) is 0 Å². The van der Waals surface area contributed by atoms with Crippen LogP contribution in [0.4, 0.5) is 0 Å². The number of nitrogens with zero attached hydrogens (tertiary/aromatic N) is 1. The van der Waals surface area contributed by atoms with Crippen LogP contribution in [0.1, 0.15) is 0 Å². The molecule has 0 aliphatic carbocycles.